The fraction of sp³-hybridized carbons (Fsp3) is 0.250. The van der Waals surface area contributed by atoms with E-state index < -0.39 is 0 Å². The van der Waals surface area contributed by atoms with E-state index in [1.54, 1.807) is 7.11 Å². The standard InChI is InChI=1S/C7H7O.CH3.ClH.Mg/c1-8-7-5-3-2-4-6-7;;;/h2-3,5-6H,1H3;1H3;1H;. The van der Waals surface area contributed by atoms with Crippen molar-refractivity contribution < 1.29 is 4.74 Å². The molecule has 0 bridgehead atoms. The van der Waals surface area contributed by atoms with Gasteiger partial charge >= 0.3 is 20.4 Å². The highest BCUT2D eigenvalue weighted by Crippen LogP contribution is 2.04. The highest BCUT2D eigenvalue weighted by atomic mass is 35.5. The first kappa shape index (κ1) is 11.1. The zero-order chi connectivity index (χ0) is 7.40. The van der Waals surface area contributed by atoms with E-state index in [0.29, 0.717) is 0 Å². The molecule has 1 rings (SSSR count). The number of rotatable bonds is 2. The van der Waals surface area contributed by atoms with Gasteiger partial charge in [0.2, 0.25) is 0 Å². The van der Waals surface area contributed by atoms with Gasteiger partial charge in [0.1, 0.15) is 5.75 Å². The van der Waals surface area contributed by atoms with E-state index in [-0.39, 0.29) is 32.8 Å². The van der Waals surface area contributed by atoms with Crippen molar-refractivity contribution in [2.24, 2.45) is 0 Å². The van der Waals surface area contributed by atoms with Crippen molar-refractivity contribution in [3.8, 4) is 5.75 Å². The van der Waals surface area contributed by atoms with Crippen LogP contribution in [0.3, 0.4) is 0 Å². The first-order valence-electron chi connectivity index (χ1n) is 3.49. The van der Waals surface area contributed by atoms with Crippen molar-refractivity contribution in [3.05, 3.63) is 24.3 Å². The van der Waals surface area contributed by atoms with Crippen molar-refractivity contribution in [3.63, 3.8) is 0 Å². The predicted octanol–water partition coefficient (Wildman–Crippen LogP) is 1.49. The van der Waals surface area contributed by atoms with Crippen molar-refractivity contribution >= 4 is 36.5 Å². The Bertz CT molecular complexity index is 196. The maximum Gasteiger partial charge on any atom is 0.404 e. The topological polar surface area (TPSA) is 9.23 Å². The zero-order valence-electron chi connectivity index (χ0n) is 6.83. The molecule has 0 aliphatic rings. The summed E-state index contributed by atoms with van der Waals surface area (Å²) in [6.45, 7) is 0. The van der Waals surface area contributed by atoms with E-state index in [2.05, 4.69) is 17.2 Å². The molecule has 0 fully saturated rings. The van der Waals surface area contributed by atoms with Gasteiger partial charge in [-0.1, -0.05) is 12.1 Å². The normalized spacial score (nSPS) is 7.82. The Labute approximate surface area is 83.3 Å². The van der Waals surface area contributed by atoms with Crippen LogP contribution in [0.25, 0.3) is 0 Å². The molecule has 1 nitrogen and oxygen atoms in total. The summed E-state index contributed by atoms with van der Waals surface area (Å²) in [7, 11) is 1.70. The van der Waals surface area contributed by atoms with Gasteiger partial charge in [0.05, 0.1) is 7.11 Å². The summed E-state index contributed by atoms with van der Waals surface area (Å²) in [5.41, 5.74) is 0. The molecule has 0 spiro atoms. The average molecular weight is 183 g/mol. The molecule has 0 aliphatic heterocycles. The smallest absolute Gasteiger partial charge is 0.404 e. The van der Waals surface area contributed by atoms with Crippen molar-refractivity contribution in [1.82, 2.24) is 0 Å². The van der Waals surface area contributed by atoms with Crippen molar-refractivity contribution in [2.75, 3.05) is 7.11 Å². The Morgan fingerprint density at radius 1 is 1.36 bits per heavy atom. The van der Waals surface area contributed by atoms with Crippen LogP contribution in [0.2, 0.25) is 5.05 Å². The van der Waals surface area contributed by atoms with Crippen LogP contribution in [-0.4, -0.2) is 27.5 Å². The second kappa shape index (κ2) is 5.69. The van der Waals surface area contributed by atoms with Gasteiger partial charge in [-0.25, -0.2) is 0 Å². The van der Waals surface area contributed by atoms with Gasteiger partial charge < -0.3 is 4.74 Å². The molecule has 0 aromatic heterocycles. The van der Waals surface area contributed by atoms with Crippen LogP contribution in [0.5, 0.6) is 5.75 Å². The van der Waals surface area contributed by atoms with E-state index in [4.69, 9.17) is 4.74 Å². The predicted molar refractivity (Wildman–Crippen MR) is 51.5 cm³/mol. The highest BCUT2D eigenvalue weighted by Gasteiger charge is 1.93. The van der Waals surface area contributed by atoms with Crippen LogP contribution in [0.4, 0.5) is 0 Å². The first-order chi connectivity index (χ1) is 4.86. The monoisotopic (exact) mass is 182 g/mol. The van der Waals surface area contributed by atoms with Crippen molar-refractivity contribution in [1.29, 1.82) is 0 Å². The summed E-state index contributed by atoms with van der Waals surface area (Å²) in [6.07, 6.45) is 0. The third-order valence-corrected chi connectivity index (χ3v) is 2.80. The Morgan fingerprint density at radius 2 is 2.09 bits per heavy atom. The first-order valence-corrected chi connectivity index (χ1v) is 5.62. The number of methoxy groups -OCH3 is 1. The summed E-state index contributed by atoms with van der Waals surface area (Å²) in [5.74, 6) is 0.979. The average Bonchev–Trinajstić information content (AvgIpc) is 2.05. The summed E-state index contributed by atoms with van der Waals surface area (Å²) in [4.78, 5) is 0. The molecule has 58 valence electrons. The van der Waals surface area contributed by atoms with Gasteiger partial charge in [0, 0.05) is 0 Å². The lowest BCUT2D eigenvalue weighted by Crippen LogP contribution is -2.09. The zero-order valence-corrected chi connectivity index (χ0v) is 9.06. The Kier molecular flexibility index (Phi) is 5.73. The van der Waals surface area contributed by atoms with Crippen LogP contribution in [0, 0.1) is 0 Å². The summed E-state index contributed by atoms with van der Waals surface area (Å²) in [5, 5.41) is 2.27. The molecule has 11 heavy (non-hydrogen) atoms. The van der Waals surface area contributed by atoms with E-state index in [1.807, 2.05) is 12.1 Å². The van der Waals surface area contributed by atoms with E-state index >= 15 is 0 Å². The molecule has 0 unspecified atom stereocenters. The summed E-state index contributed by atoms with van der Waals surface area (Å²) >= 11 is -0.0194. The maximum atomic E-state index is 5.08. The largest absolute Gasteiger partial charge is 0.497 e. The van der Waals surface area contributed by atoms with Crippen LogP contribution >= 0.6 is 12.4 Å². The molecule has 0 aliphatic carbocycles. The SMILES string of the molecule is COc1ccc[c]([Mg][CH3])c1.Cl. The number of hydrogen-bond donors (Lipinski definition) is 0. The van der Waals surface area contributed by atoms with Crippen LogP contribution in [0.15, 0.2) is 24.3 Å². The summed E-state index contributed by atoms with van der Waals surface area (Å²) in [6, 6.07) is 8.30. The van der Waals surface area contributed by atoms with Gasteiger partial charge in [0.15, 0.2) is 0 Å². The minimum atomic E-state index is -0.0194. The van der Waals surface area contributed by atoms with Gasteiger partial charge in [0.25, 0.3) is 0 Å². The quantitative estimate of drug-likeness (QED) is 0.631. The van der Waals surface area contributed by atoms with E-state index in [1.165, 1.54) is 3.69 Å². The third kappa shape index (κ3) is 3.32. The van der Waals surface area contributed by atoms with Gasteiger partial charge in [-0.05, 0) is 12.1 Å². The van der Waals surface area contributed by atoms with Gasteiger partial charge in [-0.15, -0.1) is 17.5 Å². The molecule has 0 atom stereocenters. The van der Waals surface area contributed by atoms with Crippen LogP contribution in [0.1, 0.15) is 0 Å². The molecule has 0 saturated heterocycles. The number of ether oxygens (including phenoxy) is 1. The summed E-state index contributed by atoms with van der Waals surface area (Å²) < 4.78 is 6.54. The second-order valence-electron chi connectivity index (χ2n) is 2.21. The Morgan fingerprint density at radius 3 is 2.64 bits per heavy atom. The lowest BCUT2D eigenvalue weighted by molar-refractivity contribution is 0.415. The Balaban J connectivity index is 0.000001000. The lowest BCUT2D eigenvalue weighted by Gasteiger charge is -2.00. The molecule has 0 amide bonds. The number of halogens is 1. The highest BCUT2D eigenvalue weighted by molar-refractivity contribution is 6.51. The van der Waals surface area contributed by atoms with Crippen LogP contribution < -0.4 is 8.43 Å². The molecule has 1 aromatic carbocycles. The second-order valence-corrected chi connectivity index (χ2v) is 3.73. The minimum Gasteiger partial charge on any atom is -0.497 e. The number of benzene rings is 1. The van der Waals surface area contributed by atoms with Crippen LogP contribution in [-0.2, 0) is 0 Å². The molecular formula is C8H11ClMgO. The molecular weight excluding hydrogens is 172 g/mol. The maximum absolute atomic E-state index is 5.08. The third-order valence-electron chi connectivity index (χ3n) is 1.54. The molecule has 0 saturated carbocycles. The molecule has 0 radical (unpaired) electrons. The fourth-order valence-corrected chi connectivity index (χ4v) is 1.67. The van der Waals surface area contributed by atoms with Gasteiger partial charge in [-0.2, -0.15) is 3.69 Å². The molecule has 0 N–H and O–H groups in total. The van der Waals surface area contributed by atoms with Gasteiger partial charge in [-0.3, -0.25) is 0 Å². The molecule has 1 aromatic rings. The minimum absolute atomic E-state index is 0. The Hall–Kier alpha value is 0.0762. The van der Waals surface area contributed by atoms with E-state index in [0.717, 1.165) is 5.75 Å². The lowest BCUT2D eigenvalue weighted by atomic mass is 10.3. The number of hydrogen-bond acceptors (Lipinski definition) is 1. The van der Waals surface area contributed by atoms with E-state index in [9.17, 15) is 0 Å². The molecule has 3 heteroatoms. The van der Waals surface area contributed by atoms with Crippen molar-refractivity contribution in [2.45, 2.75) is 5.05 Å². The fourth-order valence-electron chi connectivity index (χ4n) is 0.892. The molecule has 0 heterocycles.